The van der Waals surface area contributed by atoms with Gasteiger partial charge in [0.1, 0.15) is 11.5 Å². The fourth-order valence-corrected chi connectivity index (χ4v) is 1.18. The number of halogens is 3. The SMILES string of the molecule is C#Cc1ccc(OCC(C)C)cc1OC(F)(F)F. The number of benzene rings is 1. The summed E-state index contributed by atoms with van der Waals surface area (Å²) in [5, 5.41) is 0. The molecule has 5 heteroatoms. The molecule has 0 aromatic heterocycles. The van der Waals surface area contributed by atoms with Crippen molar-refractivity contribution in [1.82, 2.24) is 0 Å². The van der Waals surface area contributed by atoms with Gasteiger partial charge in [0.05, 0.1) is 12.2 Å². The highest BCUT2D eigenvalue weighted by Crippen LogP contribution is 2.29. The Morgan fingerprint density at radius 2 is 2.00 bits per heavy atom. The summed E-state index contributed by atoms with van der Waals surface area (Å²) in [4.78, 5) is 0. The number of rotatable bonds is 4. The minimum absolute atomic E-state index is 0.0317. The molecule has 2 nitrogen and oxygen atoms in total. The number of hydrogen-bond donors (Lipinski definition) is 0. The first kappa shape index (κ1) is 14.2. The van der Waals surface area contributed by atoms with Crippen molar-refractivity contribution in [2.24, 2.45) is 5.92 Å². The Morgan fingerprint density at radius 1 is 1.33 bits per heavy atom. The Balaban J connectivity index is 2.92. The molecule has 0 aliphatic rings. The Bertz CT molecular complexity index is 445. The Labute approximate surface area is 104 Å². The molecular weight excluding hydrogens is 245 g/mol. The van der Waals surface area contributed by atoms with E-state index < -0.39 is 12.1 Å². The maximum atomic E-state index is 12.2. The van der Waals surface area contributed by atoms with Crippen LogP contribution in [0.15, 0.2) is 18.2 Å². The molecule has 0 N–H and O–H groups in total. The molecule has 1 aromatic rings. The molecule has 98 valence electrons. The summed E-state index contributed by atoms with van der Waals surface area (Å²) in [5.74, 6) is 2.27. The van der Waals surface area contributed by atoms with Crippen LogP contribution in [0.4, 0.5) is 13.2 Å². The van der Waals surface area contributed by atoms with Gasteiger partial charge >= 0.3 is 6.36 Å². The van der Waals surface area contributed by atoms with Crippen LogP contribution in [-0.4, -0.2) is 13.0 Å². The maximum absolute atomic E-state index is 12.2. The molecule has 0 spiro atoms. The number of hydrogen-bond acceptors (Lipinski definition) is 2. The fraction of sp³-hybridized carbons (Fsp3) is 0.385. The number of terminal acetylenes is 1. The summed E-state index contributed by atoms with van der Waals surface area (Å²) in [7, 11) is 0. The van der Waals surface area contributed by atoms with E-state index in [0.717, 1.165) is 6.07 Å². The fourth-order valence-electron chi connectivity index (χ4n) is 1.18. The van der Waals surface area contributed by atoms with Crippen LogP contribution in [0.2, 0.25) is 0 Å². The minimum atomic E-state index is -4.78. The molecule has 0 fully saturated rings. The molecule has 18 heavy (non-hydrogen) atoms. The van der Waals surface area contributed by atoms with Crippen molar-refractivity contribution in [2.45, 2.75) is 20.2 Å². The van der Waals surface area contributed by atoms with Crippen molar-refractivity contribution >= 4 is 0 Å². The first-order chi connectivity index (χ1) is 8.31. The molecular formula is C13H13F3O2. The quantitative estimate of drug-likeness (QED) is 0.768. The lowest BCUT2D eigenvalue weighted by Gasteiger charge is -2.13. The third-order valence-electron chi connectivity index (χ3n) is 1.92. The van der Waals surface area contributed by atoms with Gasteiger partial charge in [0.2, 0.25) is 0 Å². The molecule has 0 aliphatic heterocycles. The Kier molecular flexibility index (Phi) is 4.49. The van der Waals surface area contributed by atoms with E-state index in [0.29, 0.717) is 12.4 Å². The van der Waals surface area contributed by atoms with E-state index in [4.69, 9.17) is 11.2 Å². The van der Waals surface area contributed by atoms with E-state index in [1.54, 1.807) is 0 Å². The zero-order valence-electron chi connectivity index (χ0n) is 10.0. The summed E-state index contributed by atoms with van der Waals surface area (Å²) in [6.07, 6.45) is 0.328. The summed E-state index contributed by atoms with van der Waals surface area (Å²) in [6, 6.07) is 4.02. The van der Waals surface area contributed by atoms with Gasteiger partial charge < -0.3 is 9.47 Å². The second-order valence-corrected chi connectivity index (χ2v) is 4.05. The average molecular weight is 258 g/mol. The van der Waals surface area contributed by atoms with Crippen LogP contribution < -0.4 is 9.47 Å². The van der Waals surface area contributed by atoms with Gasteiger partial charge in [-0.25, -0.2) is 0 Å². The molecule has 0 saturated heterocycles. The Morgan fingerprint density at radius 3 is 2.50 bits per heavy atom. The van der Waals surface area contributed by atoms with Crippen LogP contribution in [0, 0.1) is 18.3 Å². The Hall–Kier alpha value is -1.83. The van der Waals surface area contributed by atoms with Crippen molar-refractivity contribution in [1.29, 1.82) is 0 Å². The molecule has 0 unspecified atom stereocenters. The zero-order chi connectivity index (χ0) is 13.8. The third kappa shape index (κ3) is 4.58. The lowest BCUT2D eigenvalue weighted by Crippen LogP contribution is -2.18. The predicted molar refractivity (Wildman–Crippen MR) is 61.4 cm³/mol. The van der Waals surface area contributed by atoms with Crippen LogP contribution in [0.1, 0.15) is 19.4 Å². The number of ether oxygens (including phenoxy) is 2. The van der Waals surface area contributed by atoms with Crippen LogP contribution in [0.25, 0.3) is 0 Å². The van der Waals surface area contributed by atoms with Crippen molar-refractivity contribution < 1.29 is 22.6 Å². The van der Waals surface area contributed by atoms with Gasteiger partial charge in [0.25, 0.3) is 0 Å². The van der Waals surface area contributed by atoms with Crippen molar-refractivity contribution in [3.63, 3.8) is 0 Å². The number of alkyl halides is 3. The van der Waals surface area contributed by atoms with Crippen molar-refractivity contribution in [3.8, 4) is 23.8 Å². The van der Waals surface area contributed by atoms with Gasteiger partial charge in [-0.05, 0) is 18.1 Å². The van der Waals surface area contributed by atoms with E-state index in [-0.39, 0.29) is 11.5 Å². The van der Waals surface area contributed by atoms with Crippen LogP contribution in [0.3, 0.4) is 0 Å². The van der Waals surface area contributed by atoms with Crippen LogP contribution in [-0.2, 0) is 0 Å². The molecule has 0 bridgehead atoms. The monoisotopic (exact) mass is 258 g/mol. The molecule has 0 amide bonds. The van der Waals surface area contributed by atoms with E-state index in [1.165, 1.54) is 12.1 Å². The molecule has 0 heterocycles. The van der Waals surface area contributed by atoms with Gasteiger partial charge in [-0.15, -0.1) is 19.6 Å². The lowest BCUT2D eigenvalue weighted by molar-refractivity contribution is -0.274. The second-order valence-electron chi connectivity index (χ2n) is 4.05. The van der Waals surface area contributed by atoms with Gasteiger partial charge in [-0.1, -0.05) is 19.8 Å². The minimum Gasteiger partial charge on any atom is -0.493 e. The van der Waals surface area contributed by atoms with Crippen molar-refractivity contribution in [3.05, 3.63) is 23.8 Å². The molecule has 0 radical (unpaired) electrons. The highest BCUT2D eigenvalue weighted by molar-refractivity contribution is 5.49. The smallest absolute Gasteiger partial charge is 0.493 e. The first-order valence-electron chi connectivity index (χ1n) is 5.31. The van der Waals surface area contributed by atoms with Crippen LogP contribution in [0.5, 0.6) is 11.5 Å². The molecule has 1 rings (SSSR count). The largest absolute Gasteiger partial charge is 0.573 e. The van der Waals surface area contributed by atoms with E-state index in [2.05, 4.69) is 10.7 Å². The molecule has 0 atom stereocenters. The zero-order valence-corrected chi connectivity index (χ0v) is 10.0. The van der Waals surface area contributed by atoms with E-state index in [9.17, 15) is 13.2 Å². The van der Waals surface area contributed by atoms with Gasteiger partial charge in [-0.2, -0.15) is 0 Å². The van der Waals surface area contributed by atoms with E-state index >= 15 is 0 Å². The highest BCUT2D eigenvalue weighted by Gasteiger charge is 2.32. The first-order valence-corrected chi connectivity index (χ1v) is 5.31. The molecule has 1 aromatic carbocycles. The van der Waals surface area contributed by atoms with E-state index in [1.807, 2.05) is 13.8 Å². The summed E-state index contributed by atoms with van der Waals surface area (Å²) >= 11 is 0. The summed E-state index contributed by atoms with van der Waals surface area (Å²) < 4.78 is 45.7. The van der Waals surface area contributed by atoms with Gasteiger partial charge in [0, 0.05) is 6.07 Å². The summed E-state index contributed by atoms with van der Waals surface area (Å²) in [5.41, 5.74) is 0.0317. The third-order valence-corrected chi connectivity index (χ3v) is 1.92. The van der Waals surface area contributed by atoms with Crippen LogP contribution >= 0.6 is 0 Å². The second kappa shape index (κ2) is 5.67. The highest BCUT2D eigenvalue weighted by atomic mass is 19.4. The maximum Gasteiger partial charge on any atom is 0.573 e. The van der Waals surface area contributed by atoms with Crippen molar-refractivity contribution in [2.75, 3.05) is 6.61 Å². The molecule has 0 saturated carbocycles. The molecule has 0 aliphatic carbocycles. The average Bonchev–Trinajstić information content (AvgIpc) is 2.24. The van der Waals surface area contributed by atoms with Gasteiger partial charge in [-0.3, -0.25) is 0 Å². The predicted octanol–water partition coefficient (Wildman–Crippen LogP) is 3.60. The van der Waals surface area contributed by atoms with Gasteiger partial charge in [0.15, 0.2) is 0 Å². The topological polar surface area (TPSA) is 18.5 Å². The standard InChI is InChI=1S/C13H13F3O2/c1-4-10-5-6-11(17-8-9(2)3)7-12(10)18-13(14,15)16/h1,5-7,9H,8H2,2-3H3. The summed E-state index contributed by atoms with van der Waals surface area (Å²) in [6.45, 7) is 4.27. The lowest BCUT2D eigenvalue weighted by atomic mass is 10.2. The normalized spacial score (nSPS) is 11.2.